The van der Waals surface area contributed by atoms with Gasteiger partial charge in [-0.05, 0) is 12.5 Å². The third-order valence-corrected chi connectivity index (χ3v) is 3.91. The molecule has 1 aromatic rings. The monoisotopic (exact) mass is 291 g/mol. The van der Waals surface area contributed by atoms with Crippen molar-refractivity contribution in [2.75, 3.05) is 26.3 Å². The van der Waals surface area contributed by atoms with Gasteiger partial charge in [0.05, 0.1) is 25.7 Å². The van der Waals surface area contributed by atoms with Crippen molar-refractivity contribution in [2.45, 2.75) is 18.4 Å². The minimum atomic E-state index is -1.03. The second kappa shape index (κ2) is 5.73. The molecule has 0 radical (unpaired) electrons. The first kappa shape index (κ1) is 13.9. The molecule has 6 nitrogen and oxygen atoms in total. The van der Waals surface area contributed by atoms with E-state index in [0.717, 1.165) is 11.3 Å². The molecular weight excluding hydrogens is 274 g/mol. The van der Waals surface area contributed by atoms with Crippen LogP contribution in [0.5, 0.6) is 5.75 Å². The molecule has 6 heteroatoms. The van der Waals surface area contributed by atoms with Crippen LogP contribution in [-0.4, -0.2) is 54.3 Å². The highest BCUT2D eigenvalue weighted by Gasteiger charge is 2.35. The van der Waals surface area contributed by atoms with Crippen molar-refractivity contribution in [1.82, 2.24) is 4.90 Å². The number of carboxylic acids is 1. The summed E-state index contributed by atoms with van der Waals surface area (Å²) >= 11 is 0. The van der Waals surface area contributed by atoms with Gasteiger partial charge in [0, 0.05) is 12.1 Å². The summed E-state index contributed by atoms with van der Waals surface area (Å²) in [5, 5.41) is 9.02. The van der Waals surface area contributed by atoms with Crippen molar-refractivity contribution in [3.63, 3.8) is 0 Å². The standard InChI is InChI=1S/C15H17NO5/c17-14(16-6-8-21-13(9-16)15(18)19)11-5-7-20-12-4-2-1-3-10(11)12/h1-4,11,13H,5-9H2,(H,18,19)/t11-,13+/m0/s1. The maximum atomic E-state index is 12.7. The minimum Gasteiger partial charge on any atom is -0.493 e. The summed E-state index contributed by atoms with van der Waals surface area (Å²) < 4.78 is 10.7. The maximum Gasteiger partial charge on any atom is 0.334 e. The Morgan fingerprint density at radius 1 is 1.24 bits per heavy atom. The van der Waals surface area contributed by atoms with Crippen molar-refractivity contribution < 1.29 is 24.2 Å². The van der Waals surface area contributed by atoms with E-state index < -0.39 is 12.1 Å². The van der Waals surface area contributed by atoms with Crippen LogP contribution in [0.25, 0.3) is 0 Å². The zero-order chi connectivity index (χ0) is 14.8. The molecule has 1 fully saturated rings. The number of nitrogens with zero attached hydrogens (tertiary/aromatic N) is 1. The molecule has 2 aliphatic rings. The summed E-state index contributed by atoms with van der Waals surface area (Å²) in [6, 6.07) is 7.51. The van der Waals surface area contributed by atoms with E-state index in [1.807, 2.05) is 24.3 Å². The van der Waals surface area contributed by atoms with Crippen LogP contribution in [0.1, 0.15) is 17.9 Å². The Hall–Kier alpha value is -2.08. The lowest BCUT2D eigenvalue weighted by Gasteiger charge is -2.35. The van der Waals surface area contributed by atoms with Crippen molar-refractivity contribution in [2.24, 2.45) is 0 Å². The third-order valence-electron chi connectivity index (χ3n) is 3.91. The van der Waals surface area contributed by atoms with Gasteiger partial charge in [-0.3, -0.25) is 4.79 Å². The second-order valence-corrected chi connectivity index (χ2v) is 5.21. The predicted molar refractivity (Wildman–Crippen MR) is 73.3 cm³/mol. The first-order valence-corrected chi connectivity index (χ1v) is 7.01. The number of fused-ring (bicyclic) bond motifs is 1. The fourth-order valence-corrected chi connectivity index (χ4v) is 2.82. The van der Waals surface area contributed by atoms with Gasteiger partial charge < -0.3 is 19.5 Å². The Balaban J connectivity index is 1.78. The van der Waals surface area contributed by atoms with E-state index in [-0.39, 0.29) is 25.0 Å². The Labute approximate surface area is 122 Å². The Bertz CT molecular complexity index is 559. The average molecular weight is 291 g/mol. The lowest BCUT2D eigenvalue weighted by molar-refractivity contribution is -0.160. The Morgan fingerprint density at radius 2 is 2.05 bits per heavy atom. The molecule has 0 unspecified atom stereocenters. The van der Waals surface area contributed by atoms with Crippen LogP contribution < -0.4 is 4.74 Å². The Kier molecular flexibility index (Phi) is 3.79. The van der Waals surface area contributed by atoms with Crippen LogP contribution in [0.3, 0.4) is 0 Å². The van der Waals surface area contributed by atoms with Gasteiger partial charge >= 0.3 is 5.97 Å². The van der Waals surface area contributed by atoms with Gasteiger partial charge in [0.15, 0.2) is 6.10 Å². The van der Waals surface area contributed by atoms with Crippen LogP contribution in [0, 0.1) is 0 Å². The molecule has 1 N–H and O–H groups in total. The largest absolute Gasteiger partial charge is 0.493 e. The van der Waals surface area contributed by atoms with E-state index in [4.69, 9.17) is 14.6 Å². The van der Waals surface area contributed by atoms with Gasteiger partial charge in [-0.2, -0.15) is 0 Å². The number of aliphatic carboxylic acids is 1. The number of hydrogen-bond donors (Lipinski definition) is 1. The number of amides is 1. The smallest absolute Gasteiger partial charge is 0.334 e. The quantitative estimate of drug-likeness (QED) is 0.875. The van der Waals surface area contributed by atoms with Gasteiger partial charge in [0.25, 0.3) is 0 Å². The molecule has 21 heavy (non-hydrogen) atoms. The number of ether oxygens (including phenoxy) is 2. The first-order chi connectivity index (χ1) is 10.2. The molecule has 2 aliphatic heterocycles. The van der Waals surface area contributed by atoms with Crippen LogP contribution in [0.2, 0.25) is 0 Å². The van der Waals surface area contributed by atoms with E-state index in [1.54, 1.807) is 4.90 Å². The van der Waals surface area contributed by atoms with Gasteiger partial charge in [0.1, 0.15) is 5.75 Å². The molecule has 1 saturated heterocycles. The average Bonchev–Trinajstić information content (AvgIpc) is 2.53. The summed E-state index contributed by atoms with van der Waals surface area (Å²) in [5.41, 5.74) is 0.882. The molecule has 1 aromatic carbocycles. The molecule has 0 saturated carbocycles. The number of hydrogen-bond acceptors (Lipinski definition) is 4. The normalized spacial score (nSPS) is 24.9. The number of para-hydroxylation sites is 1. The third kappa shape index (κ3) is 2.71. The van der Waals surface area contributed by atoms with Crippen LogP contribution in [0.4, 0.5) is 0 Å². The van der Waals surface area contributed by atoms with E-state index in [2.05, 4.69) is 0 Å². The SMILES string of the molecule is O=C(O)[C@H]1CN(C(=O)[C@H]2CCOc3ccccc32)CCO1. The lowest BCUT2D eigenvalue weighted by Crippen LogP contribution is -2.50. The molecule has 3 rings (SSSR count). The number of benzene rings is 1. The first-order valence-electron chi connectivity index (χ1n) is 7.01. The number of carbonyl (C=O) groups excluding carboxylic acids is 1. The van der Waals surface area contributed by atoms with Crippen LogP contribution in [0.15, 0.2) is 24.3 Å². The summed E-state index contributed by atoms with van der Waals surface area (Å²) in [6.45, 7) is 1.30. The van der Waals surface area contributed by atoms with E-state index in [9.17, 15) is 9.59 Å². The zero-order valence-electron chi connectivity index (χ0n) is 11.5. The predicted octanol–water partition coefficient (Wildman–Crippen LogP) is 0.865. The van der Waals surface area contributed by atoms with E-state index in [1.165, 1.54) is 0 Å². The maximum absolute atomic E-state index is 12.7. The highest BCUT2D eigenvalue weighted by molar-refractivity contribution is 5.85. The van der Waals surface area contributed by atoms with Crippen LogP contribution in [-0.2, 0) is 14.3 Å². The lowest BCUT2D eigenvalue weighted by atomic mass is 9.91. The molecular formula is C15H17NO5. The molecule has 0 aromatic heterocycles. The highest BCUT2D eigenvalue weighted by atomic mass is 16.5. The van der Waals surface area contributed by atoms with Gasteiger partial charge in [0.2, 0.25) is 5.91 Å². The van der Waals surface area contributed by atoms with Crippen LogP contribution >= 0.6 is 0 Å². The molecule has 0 spiro atoms. The number of rotatable bonds is 2. The van der Waals surface area contributed by atoms with E-state index in [0.29, 0.717) is 19.6 Å². The van der Waals surface area contributed by atoms with Crippen molar-refractivity contribution in [1.29, 1.82) is 0 Å². The second-order valence-electron chi connectivity index (χ2n) is 5.21. The van der Waals surface area contributed by atoms with Gasteiger partial charge in [-0.1, -0.05) is 18.2 Å². The highest BCUT2D eigenvalue weighted by Crippen LogP contribution is 2.34. The van der Waals surface area contributed by atoms with Gasteiger partial charge in [-0.15, -0.1) is 0 Å². The number of carboxylic acid groups (broad SMARTS) is 1. The summed E-state index contributed by atoms with van der Waals surface area (Å²) in [6.07, 6.45) is -0.317. The number of morpholine rings is 1. The fourth-order valence-electron chi connectivity index (χ4n) is 2.82. The fraction of sp³-hybridized carbons (Fsp3) is 0.467. The summed E-state index contributed by atoms with van der Waals surface area (Å²) in [7, 11) is 0. The number of carbonyl (C=O) groups is 2. The molecule has 2 heterocycles. The minimum absolute atomic E-state index is 0.0414. The molecule has 0 bridgehead atoms. The Morgan fingerprint density at radius 3 is 2.86 bits per heavy atom. The molecule has 0 aliphatic carbocycles. The zero-order valence-corrected chi connectivity index (χ0v) is 11.5. The molecule has 112 valence electrons. The molecule has 2 atom stereocenters. The van der Waals surface area contributed by atoms with Crippen molar-refractivity contribution >= 4 is 11.9 Å². The van der Waals surface area contributed by atoms with Crippen molar-refractivity contribution in [3.05, 3.63) is 29.8 Å². The summed E-state index contributed by atoms with van der Waals surface area (Å²) in [4.78, 5) is 25.3. The van der Waals surface area contributed by atoms with Gasteiger partial charge in [-0.25, -0.2) is 4.79 Å². The molecule has 1 amide bonds. The van der Waals surface area contributed by atoms with E-state index >= 15 is 0 Å². The summed E-state index contributed by atoms with van der Waals surface area (Å²) in [5.74, 6) is -0.590. The topological polar surface area (TPSA) is 76.1 Å². The van der Waals surface area contributed by atoms with Crippen molar-refractivity contribution in [3.8, 4) is 5.75 Å².